The van der Waals surface area contributed by atoms with Gasteiger partial charge in [-0.25, -0.2) is 9.78 Å². The van der Waals surface area contributed by atoms with Crippen LogP contribution in [-0.2, 0) is 4.74 Å². The number of halogens is 1. The molecule has 0 spiro atoms. The van der Waals surface area contributed by atoms with Crippen molar-refractivity contribution in [2.45, 2.75) is 6.92 Å². The number of aromatic nitrogens is 1. The van der Waals surface area contributed by atoms with E-state index in [-0.39, 0.29) is 12.4 Å². The van der Waals surface area contributed by atoms with Crippen molar-refractivity contribution in [1.29, 1.82) is 0 Å². The Morgan fingerprint density at radius 1 is 1.00 bits per heavy atom. The number of hydrogen-bond donors (Lipinski definition) is 0. The van der Waals surface area contributed by atoms with Gasteiger partial charge in [-0.05, 0) is 30.7 Å². The first-order chi connectivity index (χ1) is 14.0. The van der Waals surface area contributed by atoms with Gasteiger partial charge < -0.3 is 4.74 Å². The Bertz CT molecular complexity index is 1220. The molecule has 144 valence electrons. The van der Waals surface area contributed by atoms with Gasteiger partial charge in [-0.15, -0.1) is 11.3 Å². The lowest BCUT2D eigenvalue weighted by Gasteiger charge is -2.14. The third-order valence-corrected chi connectivity index (χ3v) is 5.84. The second-order valence-electron chi connectivity index (χ2n) is 6.45. The maximum absolute atomic E-state index is 13.0. The van der Waals surface area contributed by atoms with Gasteiger partial charge in [0.05, 0.1) is 26.0 Å². The number of pyridine rings is 1. The van der Waals surface area contributed by atoms with Crippen LogP contribution in [0.2, 0.25) is 4.34 Å². The summed E-state index contributed by atoms with van der Waals surface area (Å²) in [6, 6.07) is 20.4. The number of Topliss-reactive ketones (excluding diaryl/α,β-unsaturated/α-hetero) is 1. The van der Waals surface area contributed by atoms with Gasteiger partial charge in [0.2, 0.25) is 5.78 Å². The highest BCUT2D eigenvalue weighted by atomic mass is 35.5. The minimum Gasteiger partial charge on any atom is -0.454 e. The largest absolute Gasteiger partial charge is 0.454 e. The summed E-state index contributed by atoms with van der Waals surface area (Å²) in [7, 11) is 0. The van der Waals surface area contributed by atoms with Gasteiger partial charge in [0.15, 0.2) is 6.61 Å². The van der Waals surface area contributed by atoms with Crippen molar-refractivity contribution in [2.24, 2.45) is 0 Å². The molecule has 0 saturated heterocycles. The van der Waals surface area contributed by atoms with Gasteiger partial charge in [0.25, 0.3) is 0 Å². The van der Waals surface area contributed by atoms with Crippen LogP contribution in [0, 0.1) is 6.92 Å². The molecule has 0 atom stereocenters. The van der Waals surface area contributed by atoms with Crippen LogP contribution in [0.1, 0.15) is 25.6 Å². The fraction of sp³-hybridized carbons (Fsp3) is 0.0870. The van der Waals surface area contributed by atoms with Crippen molar-refractivity contribution in [2.75, 3.05) is 6.61 Å². The smallest absolute Gasteiger partial charge is 0.339 e. The lowest BCUT2D eigenvalue weighted by molar-refractivity contribution is 0.0477. The Labute approximate surface area is 176 Å². The minimum absolute atomic E-state index is 0.283. The summed E-state index contributed by atoms with van der Waals surface area (Å²) in [5, 5.41) is 0.696. The molecular weight excluding hydrogens is 406 g/mol. The molecule has 0 aliphatic rings. The number of para-hydroxylation sites is 1. The molecule has 2 aromatic heterocycles. The first kappa shape index (κ1) is 19.3. The van der Waals surface area contributed by atoms with Crippen molar-refractivity contribution in [3.63, 3.8) is 0 Å². The Kier molecular flexibility index (Phi) is 5.43. The number of carbonyl (C=O) groups is 2. The molecule has 0 aliphatic carbocycles. The quantitative estimate of drug-likeness (QED) is 0.294. The van der Waals surface area contributed by atoms with Gasteiger partial charge in [0, 0.05) is 10.9 Å². The van der Waals surface area contributed by atoms with Crippen LogP contribution in [0.3, 0.4) is 0 Å². The summed E-state index contributed by atoms with van der Waals surface area (Å²) in [5.74, 6) is -0.830. The summed E-state index contributed by atoms with van der Waals surface area (Å²) in [6.45, 7) is 1.51. The lowest BCUT2D eigenvalue weighted by Crippen LogP contribution is -2.15. The van der Waals surface area contributed by atoms with Crippen LogP contribution in [0.4, 0.5) is 0 Å². The SMILES string of the molecule is Cc1c(-c2ccccc2)nc2ccccc2c1C(=O)OCC(=O)c1ccc(Cl)s1. The number of thiophene rings is 1. The molecule has 2 aromatic carbocycles. The van der Waals surface area contributed by atoms with E-state index < -0.39 is 5.97 Å². The molecule has 0 bridgehead atoms. The van der Waals surface area contributed by atoms with E-state index >= 15 is 0 Å². The number of ether oxygens (including phenoxy) is 1. The van der Waals surface area contributed by atoms with Crippen molar-refractivity contribution < 1.29 is 14.3 Å². The zero-order chi connectivity index (χ0) is 20.4. The second kappa shape index (κ2) is 8.15. The Morgan fingerprint density at radius 3 is 2.45 bits per heavy atom. The van der Waals surface area contributed by atoms with Crippen LogP contribution in [0.15, 0.2) is 66.7 Å². The minimum atomic E-state index is -0.547. The molecule has 0 aliphatic heterocycles. The molecule has 0 saturated carbocycles. The predicted octanol–water partition coefficient (Wildman–Crippen LogP) is 5.96. The van der Waals surface area contributed by atoms with E-state index in [9.17, 15) is 9.59 Å². The molecule has 0 N–H and O–H groups in total. The fourth-order valence-corrected chi connectivity index (χ4v) is 4.15. The van der Waals surface area contributed by atoms with Crippen molar-refractivity contribution >= 4 is 45.6 Å². The molecule has 0 radical (unpaired) electrons. The average Bonchev–Trinajstić information content (AvgIpc) is 3.18. The lowest BCUT2D eigenvalue weighted by atomic mass is 9.98. The van der Waals surface area contributed by atoms with Gasteiger partial charge in [-0.3, -0.25) is 4.79 Å². The third kappa shape index (κ3) is 3.92. The highest BCUT2D eigenvalue weighted by Crippen LogP contribution is 2.30. The summed E-state index contributed by atoms with van der Waals surface area (Å²) >= 11 is 7.04. The molecule has 6 heteroatoms. The van der Waals surface area contributed by atoms with E-state index in [4.69, 9.17) is 21.3 Å². The van der Waals surface area contributed by atoms with E-state index in [0.29, 0.717) is 36.9 Å². The number of benzene rings is 2. The summed E-state index contributed by atoms with van der Waals surface area (Å²) in [4.78, 5) is 30.5. The first-order valence-electron chi connectivity index (χ1n) is 8.95. The zero-order valence-corrected chi connectivity index (χ0v) is 17.1. The van der Waals surface area contributed by atoms with Gasteiger partial charge >= 0.3 is 5.97 Å². The Hall–Kier alpha value is -3.02. The van der Waals surface area contributed by atoms with E-state index in [0.717, 1.165) is 16.9 Å². The van der Waals surface area contributed by atoms with Crippen LogP contribution in [0.25, 0.3) is 22.2 Å². The van der Waals surface area contributed by atoms with Gasteiger partial charge in [-0.1, -0.05) is 60.1 Å². The second-order valence-corrected chi connectivity index (χ2v) is 8.16. The molecule has 4 aromatic rings. The molecule has 0 unspecified atom stereocenters. The monoisotopic (exact) mass is 421 g/mol. The number of nitrogens with zero attached hydrogens (tertiary/aromatic N) is 1. The zero-order valence-electron chi connectivity index (χ0n) is 15.5. The Morgan fingerprint density at radius 2 is 1.72 bits per heavy atom. The van der Waals surface area contributed by atoms with Crippen LogP contribution >= 0.6 is 22.9 Å². The molecule has 29 heavy (non-hydrogen) atoms. The standard InChI is InChI=1S/C23H16ClNO3S/c1-14-21(23(27)28-13-18(26)19-11-12-20(24)29-19)16-9-5-6-10-17(16)25-22(14)15-7-3-2-4-8-15/h2-12H,13H2,1H3. The molecule has 0 amide bonds. The van der Waals surface area contributed by atoms with Gasteiger partial charge in [-0.2, -0.15) is 0 Å². The fourth-order valence-electron chi connectivity index (χ4n) is 3.19. The average molecular weight is 422 g/mol. The van der Waals surface area contributed by atoms with Crippen molar-refractivity contribution in [3.8, 4) is 11.3 Å². The highest BCUT2D eigenvalue weighted by Gasteiger charge is 2.21. The maximum Gasteiger partial charge on any atom is 0.339 e. The number of rotatable bonds is 5. The predicted molar refractivity (Wildman–Crippen MR) is 116 cm³/mol. The maximum atomic E-state index is 13.0. The summed E-state index contributed by atoms with van der Waals surface area (Å²) in [5.41, 5.74) is 3.46. The number of ketones is 1. The van der Waals surface area contributed by atoms with E-state index in [1.165, 1.54) is 0 Å². The summed E-state index contributed by atoms with van der Waals surface area (Å²) in [6.07, 6.45) is 0. The first-order valence-corrected chi connectivity index (χ1v) is 10.1. The Balaban J connectivity index is 1.71. The van der Waals surface area contributed by atoms with Crippen LogP contribution < -0.4 is 0 Å². The van der Waals surface area contributed by atoms with Crippen molar-refractivity contribution in [3.05, 3.63) is 87.1 Å². The topological polar surface area (TPSA) is 56.3 Å². The number of carbonyl (C=O) groups excluding carboxylic acids is 2. The van der Waals surface area contributed by atoms with E-state index in [1.54, 1.807) is 12.1 Å². The molecular formula is C23H16ClNO3S. The molecule has 2 heterocycles. The molecule has 4 nitrogen and oxygen atoms in total. The molecule has 0 fully saturated rings. The number of esters is 1. The van der Waals surface area contributed by atoms with E-state index in [2.05, 4.69) is 0 Å². The van der Waals surface area contributed by atoms with E-state index in [1.807, 2.05) is 61.5 Å². The third-order valence-electron chi connectivity index (χ3n) is 4.57. The van der Waals surface area contributed by atoms with Crippen LogP contribution in [-0.4, -0.2) is 23.3 Å². The normalized spacial score (nSPS) is 10.8. The van der Waals surface area contributed by atoms with Gasteiger partial charge in [0.1, 0.15) is 0 Å². The highest BCUT2D eigenvalue weighted by molar-refractivity contribution is 7.18. The summed E-state index contributed by atoms with van der Waals surface area (Å²) < 4.78 is 5.90. The van der Waals surface area contributed by atoms with Crippen LogP contribution in [0.5, 0.6) is 0 Å². The van der Waals surface area contributed by atoms with Crippen molar-refractivity contribution in [1.82, 2.24) is 4.98 Å². The number of fused-ring (bicyclic) bond motifs is 1. The molecule has 4 rings (SSSR count). The number of hydrogen-bond acceptors (Lipinski definition) is 5.